The number of aromatic nitrogens is 1. The van der Waals surface area contributed by atoms with E-state index in [2.05, 4.69) is 4.98 Å². The van der Waals surface area contributed by atoms with Crippen LogP contribution in [0.15, 0.2) is 47.2 Å². The Bertz CT molecular complexity index is 688. The minimum atomic E-state index is -0.279. The summed E-state index contributed by atoms with van der Waals surface area (Å²) in [5, 5.41) is 0. The molecule has 0 unspecified atom stereocenters. The smallest absolute Gasteiger partial charge is 0.230 e. The Kier molecular flexibility index (Phi) is 3.98. The minimum absolute atomic E-state index is 0.0139. The topological polar surface area (TPSA) is 64.8 Å². The van der Waals surface area contributed by atoms with E-state index >= 15 is 0 Å². The molecule has 6 heteroatoms. The first kappa shape index (κ1) is 15.2. The van der Waals surface area contributed by atoms with Gasteiger partial charge in [0.1, 0.15) is 11.9 Å². The number of hydrogen-bond acceptors (Lipinski definition) is 5. The number of carbonyl (C=O) groups is 1. The van der Waals surface area contributed by atoms with Gasteiger partial charge < -0.3 is 18.8 Å². The van der Waals surface area contributed by atoms with Crippen molar-refractivity contribution in [2.45, 2.75) is 31.0 Å². The zero-order valence-electron chi connectivity index (χ0n) is 13.4. The highest BCUT2D eigenvalue weighted by Gasteiger charge is 2.47. The highest BCUT2D eigenvalue weighted by atomic mass is 16.6. The van der Waals surface area contributed by atoms with Gasteiger partial charge in [0.2, 0.25) is 11.8 Å². The van der Waals surface area contributed by atoms with Crippen LogP contribution in [0.4, 0.5) is 0 Å². The monoisotopic (exact) mass is 328 g/mol. The Morgan fingerprint density at radius 3 is 3.12 bits per heavy atom. The molecular formula is C18H20N2O4. The lowest BCUT2D eigenvalue weighted by molar-refractivity contribution is -0.130. The zero-order chi connectivity index (χ0) is 16.4. The maximum atomic E-state index is 12.4. The summed E-state index contributed by atoms with van der Waals surface area (Å²) in [5.74, 6) is 1.40. The fourth-order valence-electron chi connectivity index (χ4n) is 3.48. The summed E-state index contributed by atoms with van der Waals surface area (Å²) < 4.78 is 17.2. The zero-order valence-corrected chi connectivity index (χ0v) is 13.4. The Morgan fingerprint density at radius 2 is 2.33 bits per heavy atom. The molecule has 4 rings (SSSR count). The number of furan rings is 1. The Morgan fingerprint density at radius 1 is 1.38 bits per heavy atom. The van der Waals surface area contributed by atoms with Gasteiger partial charge in [0, 0.05) is 31.8 Å². The van der Waals surface area contributed by atoms with Crippen LogP contribution in [-0.2, 0) is 16.0 Å². The number of rotatable bonds is 4. The predicted octanol–water partition coefficient (Wildman–Crippen LogP) is 2.06. The maximum absolute atomic E-state index is 12.4. The summed E-state index contributed by atoms with van der Waals surface area (Å²) in [4.78, 5) is 18.5. The van der Waals surface area contributed by atoms with Crippen molar-refractivity contribution < 1.29 is 18.7 Å². The number of carbonyl (C=O) groups excluding carboxylic acids is 1. The second-order valence-corrected chi connectivity index (χ2v) is 6.43. The molecular weight excluding hydrogens is 308 g/mol. The van der Waals surface area contributed by atoms with E-state index in [9.17, 15) is 4.79 Å². The molecule has 0 N–H and O–H groups in total. The summed E-state index contributed by atoms with van der Waals surface area (Å²) >= 11 is 0. The summed E-state index contributed by atoms with van der Waals surface area (Å²) in [6.07, 6.45) is 5.23. The molecule has 2 aliphatic heterocycles. The maximum Gasteiger partial charge on any atom is 0.230 e. The fourth-order valence-corrected chi connectivity index (χ4v) is 3.48. The summed E-state index contributed by atoms with van der Waals surface area (Å²) in [7, 11) is 0. The van der Waals surface area contributed by atoms with Crippen LogP contribution in [0.5, 0.6) is 5.88 Å². The Hall–Kier alpha value is -2.34. The minimum Gasteiger partial charge on any atom is -0.472 e. The third kappa shape index (κ3) is 3.14. The van der Waals surface area contributed by atoms with Gasteiger partial charge in [-0.05, 0) is 24.6 Å². The molecule has 126 valence electrons. The first-order valence-electron chi connectivity index (χ1n) is 8.24. The number of hydrogen-bond donors (Lipinski definition) is 0. The van der Waals surface area contributed by atoms with Gasteiger partial charge in [-0.3, -0.25) is 4.79 Å². The molecule has 4 heterocycles. The fraction of sp³-hybridized carbons (Fsp3) is 0.444. The van der Waals surface area contributed by atoms with Crippen LogP contribution >= 0.6 is 0 Å². The van der Waals surface area contributed by atoms with Gasteiger partial charge >= 0.3 is 0 Å². The van der Waals surface area contributed by atoms with Crippen molar-refractivity contribution in [2.75, 3.05) is 19.7 Å². The van der Waals surface area contributed by atoms with Crippen molar-refractivity contribution in [3.63, 3.8) is 0 Å². The summed E-state index contributed by atoms with van der Waals surface area (Å²) in [6.45, 7) is 1.88. The molecule has 2 aromatic rings. The molecule has 0 bridgehead atoms. The van der Waals surface area contributed by atoms with Gasteiger partial charge in [0.05, 0.1) is 24.9 Å². The second-order valence-electron chi connectivity index (χ2n) is 6.43. The van der Waals surface area contributed by atoms with Gasteiger partial charge in [-0.2, -0.15) is 0 Å². The van der Waals surface area contributed by atoms with E-state index in [4.69, 9.17) is 13.9 Å². The average molecular weight is 328 g/mol. The van der Waals surface area contributed by atoms with Crippen LogP contribution in [0.25, 0.3) is 0 Å². The molecule has 0 radical (unpaired) electrons. The first-order chi connectivity index (χ1) is 11.7. The molecule has 1 amide bonds. The largest absolute Gasteiger partial charge is 0.472 e. The molecule has 0 aliphatic carbocycles. The highest BCUT2D eigenvalue weighted by Crippen LogP contribution is 2.36. The van der Waals surface area contributed by atoms with Crippen LogP contribution in [0, 0.1) is 0 Å². The van der Waals surface area contributed by atoms with Crippen LogP contribution in [-0.4, -0.2) is 47.2 Å². The van der Waals surface area contributed by atoms with Crippen molar-refractivity contribution in [1.82, 2.24) is 9.88 Å². The van der Waals surface area contributed by atoms with E-state index in [1.165, 1.54) is 0 Å². The highest BCUT2D eigenvalue weighted by molar-refractivity contribution is 5.78. The van der Waals surface area contributed by atoms with Crippen molar-refractivity contribution >= 4 is 5.91 Å². The van der Waals surface area contributed by atoms with Crippen molar-refractivity contribution in [3.8, 4) is 5.88 Å². The standard InChI is InChI=1S/C18H20N2O4/c21-17(10-14-4-3-9-22-14)20-8-6-18(13-20)11-15(12-23-18)24-16-5-1-2-7-19-16/h1-5,7,9,15H,6,8,10-13H2/t15-,18+/m1/s1. The van der Waals surface area contributed by atoms with Crippen LogP contribution < -0.4 is 4.74 Å². The second kappa shape index (κ2) is 6.28. The predicted molar refractivity (Wildman–Crippen MR) is 85.6 cm³/mol. The van der Waals surface area contributed by atoms with E-state index in [1.807, 2.05) is 29.2 Å². The van der Waals surface area contributed by atoms with Gasteiger partial charge in [-0.25, -0.2) is 4.98 Å². The van der Waals surface area contributed by atoms with E-state index in [0.717, 1.165) is 19.4 Å². The number of amides is 1. The molecule has 0 saturated carbocycles. The number of pyridine rings is 1. The van der Waals surface area contributed by atoms with Crippen molar-refractivity contribution in [2.24, 2.45) is 0 Å². The molecule has 2 aromatic heterocycles. The van der Waals surface area contributed by atoms with E-state index < -0.39 is 0 Å². The quantitative estimate of drug-likeness (QED) is 0.859. The van der Waals surface area contributed by atoms with Gasteiger partial charge in [0.15, 0.2) is 0 Å². The van der Waals surface area contributed by atoms with E-state index in [1.54, 1.807) is 18.5 Å². The lowest BCUT2D eigenvalue weighted by atomic mass is 9.98. The van der Waals surface area contributed by atoms with E-state index in [-0.39, 0.29) is 17.6 Å². The van der Waals surface area contributed by atoms with Gasteiger partial charge in [-0.15, -0.1) is 0 Å². The Balaban J connectivity index is 1.33. The normalized spacial score (nSPS) is 26.2. The SMILES string of the molecule is O=C(Cc1ccco1)N1CC[C@]2(C[C@@H](Oc3ccccn3)CO2)C1. The first-order valence-corrected chi connectivity index (χ1v) is 8.24. The molecule has 2 atom stereocenters. The van der Waals surface area contributed by atoms with Gasteiger partial charge in [0.25, 0.3) is 0 Å². The number of nitrogens with zero attached hydrogens (tertiary/aromatic N) is 2. The molecule has 2 saturated heterocycles. The third-order valence-electron chi connectivity index (χ3n) is 4.67. The van der Waals surface area contributed by atoms with Crippen LogP contribution in [0.2, 0.25) is 0 Å². The molecule has 2 fully saturated rings. The lowest BCUT2D eigenvalue weighted by Crippen LogP contribution is -2.36. The van der Waals surface area contributed by atoms with Gasteiger partial charge in [-0.1, -0.05) is 6.07 Å². The summed E-state index contributed by atoms with van der Waals surface area (Å²) in [6, 6.07) is 9.23. The molecule has 24 heavy (non-hydrogen) atoms. The molecule has 0 aromatic carbocycles. The van der Waals surface area contributed by atoms with Crippen LogP contribution in [0.1, 0.15) is 18.6 Å². The molecule has 6 nitrogen and oxygen atoms in total. The lowest BCUT2D eigenvalue weighted by Gasteiger charge is -2.23. The Labute approximate surface area is 140 Å². The van der Waals surface area contributed by atoms with Crippen molar-refractivity contribution in [1.29, 1.82) is 0 Å². The van der Waals surface area contributed by atoms with Crippen LogP contribution in [0.3, 0.4) is 0 Å². The molecule has 1 spiro atoms. The van der Waals surface area contributed by atoms with Crippen molar-refractivity contribution in [3.05, 3.63) is 48.6 Å². The summed E-state index contributed by atoms with van der Waals surface area (Å²) in [5.41, 5.74) is -0.279. The molecule has 2 aliphatic rings. The average Bonchev–Trinajstić information content (AvgIpc) is 3.32. The number of likely N-dealkylation sites (tertiary alicyclic amines) is 1. The number of ether oxygens (including phenoxy) is 2. The third-order valence-corrected chi connectivity index (χ3v) is 4.67. The van der Waals surface area contributed by atoms with E-state index in [0.29, 0.717) is 31.2 Å².